The third-order valence-corrected chi connectivity index (χ3v) is 4.70. The summed E-state index contributed by atoms with van der Waals surface area (Å²) in [5, 5.41) is 5.54. The zero-order chi connectivity index (χ0) is 23.5. The highest BCUT2D eigenvalue weighted by Crippen LogP contribution is 1.99. The lowest BCUT2D eigenvalue weighted by Gasteiger charge is -2.06. The van der Waals surface area contributed by atoms with E-state index in [-0.39, 0.29) is 12.2 Å². The van der Waals surface area contributed by atoms with Crippen LogP contribution in [0.3, 0.4) is 0 Å². The van der Waals surface area contributed by atoms with Gasteiger partial charge in [-0.15, -0.1) is 0 Å². The van der Waals surface area contributed by atoms with Crippen molar-refractivity contribution >= 4 is 12.2 Å². The first kappa shape index (κ1) is 29.7. The van der Waals surface area contributed by atoms with E-state index < -0.39 is 0 Å². The Morgan fingerprint density at radius 3 is 1.44 bits per heavy atom. The monoisotopic (exact) mass is 448 g/mol. The summed E-state index contributed by atoms with van der Waals surface area (Å²) in [7, 11) is 0. The molecule has 0 aromatic heterocycles. The molecule has 2 N–H and O–H groups in total. The van der Waals surface area contributed by atoms with Crippen LogP contribution >= 0.6 is 0 Å². The summed E-state index contributed by atoms with van der Waals surface area (Å²) < 4.78 is 10.3. The minimum atomic E-state index is -0.327. The summed E-state index contributed by atoms with van der Waals surface area (Å²) in [6.07, 6.45) is 13.3. The van der Waals surface area contributed by atoms with Crippen molar-refractivity contribution in [3.05, 3.63) is 0 Å². The number of alkyl carbamates (subject to hydrolysis) is 2. The third kappa shape index (κ3) is 23.9. The summed E-state index contributed by atoms with van der Waals surface area (Å²) in [6.45, 7) is 6.55. The Hall–Kier alpha value is -2.34. The number of carbonyl (C=O) groups excluding carboxylic acids is 2. The lowest BCUT2D eigenvalue weighted by atomic mass is 10.2. The summed E-state index contributed by atoms with van der Waals surface area (Å²) in [4.78, 5) is 23.0. The average molecular weight is 449 g/mol. The molecule has 32 heavy (non-hydrogen) atoms. The smallest absolute Gasteiger partial charge is 0.407 e. The van der Waals surface area contributed by atoms with Crippen molar-refractivity contribution in [3.63, 3.8) is 0 Å². The van der Waals surface area contributed by atoms with E-state index in [9.17, 15) is 9.59 Å². The molecule has 0 aliphatic heterocycles. The maximum absolute atomic E-state index is 11.5. The fourth-order valence-electron chi connectivity index (χ4n) is 2.76. The molecule has 0 rings (SSSR count). The van der Waals surface area contributed by atoms with Gasteiger partial charge in [-0.2, -0.15) is 0 Å². The van der Waals surface area contributed by atoms with E-state index in [2.05, 4.69) is 48.2 Å². The number of rotatable bonds is 18. The number of nitrogens with one attached hydrogen (secondary N) is 2. The molecular formula is C26H44N2O4. The second-order valence-corrected chi connectivity index (χ2v) is 7.76. The van der Waals surface area contributed by atoms with E-state index in [0.717, 1.165) is 64.2 Å². The zero-order valence-electron chi connectivity index (χ0n) is 20.4. The lowest BCUT2D eigenvalue weighted by molar-refractivity contribution is 0.143. The predicted molar refractivity (Wildman–Crippen MR) is 130 cm³/mol. The van der Waals surface area contributed by atoms with E-state index in [1.807, 2.05) is 0 Å². The Morgan fingerprint density at radius 1 is 0.594 bits per heavy atom. The third-order valence-electron chi connectivity index (χ3n) is 4.70. The quantitative estimate of drug-likeness (QED) is 0.201. The van der Waals surface area contributed by atoms with E-state index in [0.29, 0.717) is 26.3 Å². The van der Waals surface area contributed by atoms with Gasteiger partial charge in [0.05, 0.1) is 13.2 Å². The van der Waals surface area contributed by atoms with Crippen LogP contribution in [0.5, 0.6) is 0 Å². The molecule has 0 heterocycles. The summed E-state index contributed by atoms with van der Waals surface area (Å²) >= 11 is 0. The van der Waals surface area contributed by atoms with Crippen molar-refractivity contribution in [2.24, 2.45) is 0 Å². The molecule has 0 aromatic rings. The van der Waals surface area contributed by atoms with Crippen LogP contribution in [-0.2, 0) is 9.47 Å². The van der Waals surface area contributed by atoms with Gasteiger partial charge in [-0.3, -0.25) is 0 Å². The molecule has 0 aliphatic rings. The molecule has 0 spiro atoms. The van der Waals surface area contributed by atoms with Crippen LogP contribution < -0.4 is 10.6 Å². The van der Waals surface area contributed by atoms with Gasteiger partial charge >= 0.3 is 12.2 Å². The van der Waals surface area contributed by atoms with Crippen molar-refractivity contribution in [1.29, 1.82) is 0 Å². The number of amides is 2. The van der Waals surface area contributed by atoms with Gasteiger partial charge < -0.3 is 20.1 Å². The first-order valence-corrected chi connectivity index (χ1v) is 12.5. The second-order valence-electron chi connectivity index (χ2n) is 7.76. The molecule has 0 fully saturated rings. The highest BCUT2D eigenvalue weighted by molar-refractivity contribution is 5.67. The Morgan fingerprint density at radius 2 is 1.03 bits per heavy atom. The topological polar surface area (TPSA) is 76.7 Å². The van der Waals surface area contributed by atoms with E-state index >= 15 is 0 Å². The molecule has 6 nitrogen and oxygen atoms in total. The molecule has 2 amide bonds. The summed E-state index contributed by atoms with van der Waals surface area (Å²) in [5.74, 6) is 11.7. The fraction of sp³-hybridized carbons (Fsp3) is 0.769. The number of carbonyl (C=O) groups is 2. The van der Waals surface area contributed by atoms with Crippen LogP contribution in [0.4, 0.5) is 9.59 Å². The molecule has 0 atom stereocenters. The van der Waals surface area contributed by atoms with Gasteiger partial charge in [-0.05, 0) is 50.4 Å². The Kier molecular flexibility index (Phi) is 23.1. The molecule has 0 radical (unpaired) electrons. The van der Waals surface area contributed by atoms with Crippen LogP contribution in [0, 0.1) is 23.7 Å². The Bertz CT molecular complexity index is 532. The molecule has 0 aromatic carbocycles. The zero-order valence-corrected chi connectivity index (χ0v) is 20.4. The predicted octanol–water partition coefficient (Wildman–Crippen LogP) is 5.95. The number of ether oxygens (including phenoxy) is 2. The van der Waals surface area contributed by atoms with E-state index in [4.69, 9.17) is 9.47 Å². The SMILES string of the molecule is CCCCCCNC(=O)OCCCCC#CC#CCCCCOC(=O)NCCCCCC. The van der Waals surface area contributed by atoms with Crippen molar-refractivity contribution in [2.45, 2.75) is 104 Å². The van der Waals surface area contributed by atoms with Gasteiger partial charge in [0.15, 0.2) is 0 Å². The van der Waals surface area contributed by atoms with Crippen LogP contribution in [0.15, 0.2) is 0 Å². The Balaban J connectivity index is 3.44. The first-order chi connectivity index (χ1) is 15.7. The molecule has 0 aliphatic carbocycles. The minimum Gasteiger partial charge on any atom is -0.450 e. The highest BCUT2D eigenvalue weighted by Gasteiger charge is 2.01. The Labute approximate surface area is 196 Å². The van der Waals surface area contributed by atoms with Crippen LogP contribution in [0.1, 0.15) is 104 Å². The number of unbranched alkanes of at least 4 members (excludes halogenated alkanes) is 10. The van der Waals surface area contributed by atoms with Crippen molar-refractivity contribution < 1.29 is 19.1 Å². The van der Waals surface area contributed by atoms with Crippen molar-refractivity contribution in [3.8, 4) is 23.7 Å². The molecule has 6 heteroatoms. The van der Waals surface area contributed by atoms with E-state index in [1.54, 1.807) is 0 Å². The molecule has 0 saturated heterocycles. The highest BCUT2D eigenvalue weighted by atomic mass is 16.6. The van der Waals surface area contributed by atoms with Crippen molar-refractivity contribution in [2.75, 3.05) is 26.3 Å². The summed E-state index contributed by atoms with van der Waals surface area (Å²) in [5.41, 5.74) is 0. The second kappa shape index (κ2) is 24.9. The van der Waals surface area contributed by atoms with Crippen LogP contribution in [0.2, 0.25) is 0 Å². The van der Waals surface area contributed by atoms with Gasteiger partial charge in [-0.1, -0.05) is 64.2 Å². The maximum Gasteiger partial charge on any atom is 0.407 e. The van der Waals surface area contributed by atoms with Gasteiger partial charge in [0, 0.05) is 25.9 Å². The van der Waals surface area contributed by atoms with Crippen LogP contribution in [0.25, 0.3) is 0 Å². The lowest BCUT2D eigenvalue weighted by Crippen LogP contribution is -2.25. The largest absolute Gasteiger partial charge is 0.450 e. The minimum absolute atomic E-state index is 0.327. The van der Waals surface area contributed by atoms with E-state index in [1.165, 1.54) is 25.7 Å². The van der Waals surface area contributed by atoms with Gasteiger partial charge in [0.25, 0.3) is 0 Å². The first-order valence-electron chi connectivity index (χ1n) is 12.5. The molecular weight excluding hydrogens is 404 g/mol. The molecule has 0 bridgehead atoms. The maximum atomic E-state index is 11.5. The normalized spacial score (nSPS) is 9.69. The summed E-state index contributed by atoms with van der Waals surface area (Å²) in [6, 6.07) is 0. The van der Waals surface area contributed by atoms with Gasteiger partial charge in [0.2, 0.25) is 0 Å². The number of hydrogen-bond acceptors (Lipinski definition) is 4. The number of hydrogen-bond donors (Lipinski definition) is 2. The molecule has 182 valence electrons. The van der Waals surface area contributed by atoms with Crippen LogP contribution in [-0.4, -0.2) is 38.5 Å². The molecule has 0 unspecified atom stereocenters. The van der Waals surface area contributed by atoms with Gasteiger partial charge in [0.1, 0.15) is 0 Å². The standard InChI is InChI=1S/C26H44N2O4/c1-3-5-7-17-21-27-25(29)31-23-19-15-13-11-9-10-12-14-16-20-24-32-26(30)28-22-18-8-6-4-2/h3-8,13-24H2,1-2H3,(H,27,29)(H,28,30). The van der Waals surface area contributed by atoms with Gasteiger partial charge in [-0.25, -0.2) is 9.59 Å². The fourth-order valence-corrected chi connectivity index (χ4v) is 2.76. The molecule has 0 saturated carbocycles. The van der Waals surface area contributed by atoms with Crippen molar-refractivity contribution in [1.82, 2.24) is 10.6 Å². The average Bonchev–Trinajstić information content (AvgIpc) is 2.79.